The lowest BCUT2D eigenvalue weighted by molar-refractivity contribution is -0.123. The van der Waals surface area contributed by atoms with Crippen molar-refractivity contribution in [3.8, 4) is 5.75 Å². The lowest BCUT2D eigenvalue weighted by Crippen LogP contribution is -2.48. The number of ether oxygens (including phenoxy) is 1. The summed E-state index contributed by atoms with van der Waals surface area (Å²) in [6.45, 7) is 4.25. The molecule has 0 aliphatic carbocycles. The maximum atomic E-state index is 14.8. The van der Waals surface area contributed by atoms with Crippen molar-refractivity contribution >= 4 is 23.4 Å². The summed E-state index contributed by atoms with van der Waals surface area (Å²) in [6.07, 6.45) is 0. The number of rotatable bonds is 5. The molecule has 0 spiro atoms. The number of anilines is 1. The van der Waals surface area contributed by atoms with Crippen LogP contribution in [0.25, 0.3) is 0 Å². The largest absolute Gasteiger partial charge is 0.494 e. The summed E-state index contributed by atoms with van der Waals surface area (Å²) >= 11 is 0. The number of nitrogens with zero attached hydrogens (tertiary/aromatic N) is 2. The Morgan fingerprint density at radius 2 is 1.66 bits per heavy atom. The Kier molecular flexibility index (Phi) is 5.82. The van der Waals surface area contributed by atoms with Crippen LogP contribution in [0, 0.1) is 18.7 Å². The van der Waals surface area contributed by atoms with E-state index in [0.29, 0.717) is 23.6 Å². The second-order valence-corrected chi connectivity index (χ2v) is 8.58. The fourth-order valence-corrected chi connectivity index (χ4v) is 4.71. The SMILES string of the molecule is CCOc1ccc(N2C(=O)[C@@H]3[C@@H](c4ccccc4F)NN(C(=O)c4ccc(C)cc4)[C@H]3C2=O)cc1. The second kappa shape index (κ2) is 8.96. The third-order valence-electron chi connectivity index (χ3n) is 6.40. The molecule has 7 nitrogen and oxygen atoms in total. The van der Waals surface area contributed by atoms with E-state index in [4.69, 9.17) is 4.74 Å². The lowest BCUT2D eigenvalue weighted by atomic mass is 9.90. The van der Waals surface area contributed by atoms with Gasteiger partial charge < -0.3 is 4.74 Å². The molecule has 2 fully saturated rings. The molecular weight excluding hydrogens is 449 g/mol. The van der Waals surface area contributed by atoms with Gasteiger partial charge in [0.05, 0.1) is 24.3 Å². The molecule has 3 amide bonds. The standard InChI is InChI=1S/C27H24FN3O4/c1-3-35-19-14-12-18(13-15-19)30-26(33)22-23(20-6-4-5-7-21(20)28)29-31(24(22)27(30)34)25(32)17-10-8-16(2)9-11-17/h4-15,22-24,29H,3H2,1-2H3/t22-,23-,24-/m1/s1. The van der Waals surface area contributed by atoms with Gasteiger partial charge in [0.15, 0.2) is 0 Å². The molecule has 0 saturated carbocycles. The molecule has 0 unspecified atom stereocenters. The lowest BCUT2D eigenvalue weighted by Gasteiger charge is -2.25. The van der Waals surface area contributed by atoms with E-state index in [2.05, 4.69) is 5.43 Å². The molecule has 2 aliphatic rings. The molecule has 0 aromatic heterocycles. The predicted octanol–water partition coefficient (Wildman–Crippen LogP) is 3.79. The van der Waals surface area contributed by atoms with Gasteiger partial charge in [0.2, 0.25) is 5.91 Å². The van der Waals surface area contributed by atoms with Crippen LogP contribution in [-0.4, -0.2) is 35.4 Å². The Balaban J connectivity index is 1.55. The Morgan fingerprint density at radius 3 is 2.31 bits per heavy atom. The zero-order chi connectivity index (χ0) is 24.7. The van der Waals surface area contributed by atoms with E-state index in [1.807, 2.05) is 13.8 Å². The molecule has 3 atom stereocenters. The zero-order valence-corrected chi connectivity index (χ0v) is 19.3. The van der Waals surface area contributed by atoms with Crippen LogP contribution in [0.4, 0.5) is 10.1 Å². The maximum absolute atomic E-state index is 14.8. The van der Waals surface area contributed by atoms with Crippen molar-refractivity contribution in [2.24, 2.45) is 5.92 Å². The fourth-order valence-electron chi connectivity index (χ4n) is 4.71. The molecule has 2 heterocycles. The minimum atomic E-state index is -1.12. The minimum Gasteiger partial charge on any atom is -0.494 e. The van der Waals surface area contributed by atoms with Crippen LogP contribution in [-0.2, 0) is 9.59 Å². The summed E-state index contributed by atoms with van der Waals surface area (Å²) in [5.74, 6) is -2.40. The van der Waals surface area contributed by atoms with Crippen molar-refractivity contribution in [1.82, 2.24) is 10.4 Å². The molecule has 5 rings (SSSR count). The number of halogens is 1. The maximum Gasteiger partial charge on any atom is 0.268 e. The van der Waals surface area contributed by atoms with Crippen LogP contribution in [0.15, 0.2) is 72.8 Å². The first-order valence-electron chi connectivity index (χ1n) is 11.4. The van der Waals surface area contributed by atoms with Gasteiger partial charge in [0.25, 0.3) is 11.8 Å². The smallest absolute Gasteiger partial charge is 0.268 e. The summed E-state index contributed by atoms with van der Waals surface area (Å²) in [4.78, 5) is 41.8. The van der Waals surface area contributed by atoms with Crippen LogP contribution in [0.5, 0.6) is 5.75 Å². The Morgan fingerprint density at radius 1 is 0.971 bits per heavy atom. The van der Waals surface area contributed by atoms with Crippen molar-refractivity contribution in [3.63, 3.8) is 0 Å². The van der Waals surface area contributed by atoms with Crippen LogP contribution in [0.1, 0.15) is 34.5 Å². The molecule has 3 aromatic rings. The molecule has 0 radical (unpaired) electrons. The van der Waals surface area contributed by atoms with Crippen LogP contribution >= 0.6 is 0 Å². The first kappa shape index (κ1) is 22.7. The van der Waals surface area contributed by atoms with Crippen molar-refractivity contribution in [2.45, 2.75) is 25.9 Å². The summed E-state index contributed by atoms with van der Waals surface area (Å²) in [6, 6.07) is 17.6. The number of carbonyl (C=O) groups is 3. The number of imide groups is 1. The summed E-state index contributed by atoms with van der Waals surface area (Å²) in [5, 5.41) is 1.18. The monoisotopic (exact) mass is 473 g/mol. The zero-order valence-electron chi connectivity index (χ0n) is 19.3. The number of nitrogens with one attached hydrogen (secondary N) is 1. The van der Waals surface area contributed by atoms with Crippen molar-refractivity contribution in [1.29, 1.82) is 0 Å². The average molecular weight is 474 g/mol. The molecule has 1 N–H and O–H groups in total. The van der Waals surface area contributed by atoms with Gasteiger partial charge in [0, 0.05) is 11.1 Å². The highest BCUT2D eigenvalue weighted by Crippen LogP contribution is 2.43. The Bertz CT molecular complexity index is 1290. The quantitative estimate of drug-likeness (QED) is 0.571. The van der Waals surface area contributed by atoms with Gasteiger partial charge in [-0.15, -0.1) is 0 Å². The summed E-state index contributed by atoms with van der Waals surface area (Å²) < 4.78 is 20.2. The number of amides is 3. The number of hydrogen-bond donors (Lipinski definition) is 1. The summed E-state index contributed by atoms with van der Waals surface area (Å²) in [5.41, 5.74) is 4.90. The Labute approximate surface area is 202 Å². The van der Waals surface area contributed by atoms with Gasteiger partial charge in [-0.3, -0.25) is 19.4 Å². The highest BCUT2D eigenvalue weighted by Gasteiger charge is 2.60. The third-order valence-corrected chi connectivity index (χ3v) is 6.40. The van der Waals surface area contributed by atoms with Gasteiger partial charge in [-0.05, 0) is 56.3 Å². The molecule has 35 heavy (non-hydrogen) atoms. The van der Waals surface area contributed by atoms with E-state index < -0.39 is 41.5 Å². The second-order valence-electron chi connectivity index (χ2n) is 8.58. The molecule has 8 heteroatoms. The minimum absolute atomic E-state index is 0.219. The number of aryl methyl sites for hydroxylation is 1. The van der Waals surface area contributed by atoms with Gasteiger partial charge >= 0.3 is 0 Å². The highest BCUT2D eigenvalue weighted by atomic mass is 19.1. The topological polar surface area (TPSA) is 79.0 Å². The first-order valence-corrected chi connectivity index (χ1v) is 11.4. The highest BCUT2D eigenvalue weighted by molar-refractivity contribution is 6.25. The molecule has 3 aromatic carbocycles. The van der Waals surface area contributed by atoms with E-state index in [0.717, 1.165) is 10.5 Å². The third kappa shape index (κ3) is 3.85. The summed E-state index contributed by atoms with van der Waals surface area (Å²) in [7, 11) is 0. The van der Waals surface area contributed by atoms with Crippen molar-refractivity contribution < 1.29 is 23.5 Å². The predicted molar refractivity (Wildman–Crippen MR) is 127 cm³/mol. The van der Waals surface area contributed by atoms with Gasteiger partial charge in [-0.25, -0.2) is 14.7 Å². The van der Waals surface area contributed by atoms with Gasteiger partial charge in [0.1, 0.15) is 17.6 Å². The number of hydrogen-bond acceptors (Lipinski definition) is 5. The van der Waals surface area contributed by atoms with Crippen molar-refractivity contribution in [2.75, 3.05) is 11.5 Å². The van der Waals surface area contributed by atoms with E-state index in [-0.39, 0.29) is 5.56 Å². The van der Waals surface area contributed by atoms with E-state index >= 15 is 0 Å². The molecule has 2 saturated heterocycles. The van der Waals surface area contributed by atoms with Crippen molar-refractivity contribution in [3.05, 3.63) is 95.3 Å². The molecular formula is C27H24FN3O4. The van der Waals surface area contributed by atoms with E-state index in [1.165, 1.54) is 11.1 Å². The molecule has 2 aliphatic heterocycles. The number of carbonyl (C=O) groups excluding carboxylic acids is 3. The Hall–Kier alpha value is -4.04. The van der Waals surface area contributed by atoms with E-state index in [1.54, 1.807) is 66.7 Å². The number of fused-ring (bicyclic) bond motifs is 1. The van der Waals surface area contributed by atoms with Gasteiger partial charge in [-0.1, -0.05) is 35.9 Å². The van der Waals surface area contributed by atoms with Gasteiger partial charge in [-0.2, -0.15) is 0 Å². The van der Waals surface area contributed by atoms with Crippen LogP contribution in [0.2, 0.25) is 0 Å². The molecule has 0 bridgehead atoms. The fraction of sp³-hybridized carbons (Fsp3) is 0.222. The average Bonchev–Trinajstić information content (AvgIpc) is 3.37. The normalized spacial score (nSPS) is 21.4. The van der Waals surface area contributed by atoms with Crippen LogP contribution < -0.4 is 15.1 Å². The van der Waals surface area contributed by atoms with Crippen LogP contribution in [0.3, 0.4) is 0 Å². The van der Waals surface area contributed by atoms with E-state index in [9.17, 15) is 18.8 Å². The number of hydrazine groups is 1. The number of benzene rings is 3. The molecule has 178 valence electrons. The first-order chi connectivity index (χ1) is 16.9.